The normalized spacial score (nSPS) is 11.8. The Kier molecular flexibility index (Phi) is 7.17. The fourth-order valence-electron chi connectivity index (χ4n) is 0.999. The number of carboxylic acids is 1. The van der Waals surface area contributed by atoms with E-state index in [1.165, 1.54) is 0 Å². The van der Waals surface area contributed by atoms with Crippen LogP contribution in [0.2, 0.25) is 0 Å². The molecule has 6 heteroatoms. The number of rotatable bonds is 8. The maximum Gasteiger partial charge on any atom is 0.326 e. The van der Waals surface area contributed by atoms with Gasteiger partial charge in [-0.25, -0.2) is 4.79 Å². The Labute approximate surface area is 87.3 Å². The van der Waals surface area contributed by atoms with Crippen molar-refractivity contribution in [3.63, 3.8) is 0 Å². The molecule has 0 heterocycles. The molecule has 0 rings (SSSR count). The highest BCUT2D eigenvalue weighted by Crippen LogP contribution is 1.96. The number of hydrogen-bond acceptors (Lipinski definition) is 4. The van der Waals surface area contributed by atoms with Crippen LogP contribution < -0.4 is 5.32 Å². The molecule has 0 unspecified atom stereocenters. The molecule has 0 aromatic heterocycles. The SMILES string of the molecule is O=CCCCC(=O)N[C@@H](CCO)C(=O)O. The molecule has 6 nitrogen and oxygen atoms in total. The molecular formula is C9H15NO5. The molecule has 15 heavy (non-hydrogen) atoms. The summed E-state index contributed by atoms with van der Waals surface area (Å²) in [4.78, 5) is 31.7. The van der Waals surface area contributed by atoms with Gasteiger partial charge in [-0.05, 0) is 6.42 Å². The molecule has 0 aliphatic carbocycles. The van der Waals surface area contributed by atoms with Crippen LogP contribution in [-0.4, -0.2) is 41.0 Å². The van der Waals surface area contributed by atoms with Crippen LogP contribution in [-0.2, 0) is 14.4 Å². The lowest BCUT2D eigenvalue weighted by Crippen LogP contribution is -2.41. The molecule has 3 N–H and O–H groups in total. The lowest BCUT2D eigenvalue weighted by molar-refractivity contribution is -0.142. The number of unbranched alkanes of at least 4 members (excludes halogenated alkanes) is 1. The van der Waals surface area contributed by atoms with Gasteiger partial charge in [0.05, 0.1) is 0 Å². The summed E-state index contributed by atoms with van der Waals surface area (Å²) in [5.74, 6) is -1.59. The van der Waals surface area contributed by atoms with Gasteiger partial charge in [0.15, 0.2) is 0 Å². The number of aldehydes is 1. The van der Waals surface area contributed by atoms with Crippen molar-refractivity contribution < 1.29 is 24.6 Å². The van der Waals surface area contributed by atoms with E-state index < -0.39 is 17.9 Å². The number of amides is 1. The van der Waals surface area contributed by atoms with Gasteiger partial charge >= 0.3 is 5.97 Å². The van der Waals surface area contributed by atoms with Crippen LogP contribution in [0.5, 0.6) is 0 Å². The van der Waals surface area contributed by atoms with Gasteiger partial charge in [-0.3, -0.25) is 4.79 Å². The van der Waals surface area contributed by atoms with Crippen molar-refractivity contribution in [1.29, 1.82) is 0 Å². The van der Waals surface area contributed by atoms with Crippen molar-refractivity contribution in [2.45, 2.75) is 31.7 Å². The standard InChI is InChI=1S/C9H15NO5/c11-5-2-1-3-8(13)10-7(4-6-12)9(14)15/h5,7,12H,1-4,6H2,(H,10,13)(H,14,15)/t7-/m0/s1. The number of carboxylic acid groups (broad SMARTS) is 1. The van der Waals surface area contributed by atoms with E-state index in [0.29, 0.717) is 12.7 Å². The summed E-state index contributed by atoms with van der Waals surface area (Å²) < 4.78 is 0. The average molecular weight is 217 g/mol. The van der Waals surface area contributed by atoms with Crippen molar-refractivity contribution in [2.75, 3.05) is 6.61 Å². The van der Waals surface area contributed by atoms with Gasteiger partial charge in [0.25, 0.3) is 0 Å². The molecule has 0 fully saturated rings. The molecule has 0 spiro atoms. The quantitative estimate of drug-likeness (QED) is 0.368. The minimum absolute atomic E-state index is 0.0191. The average Bonchev–Trinajstić information content (AvgIpc) is 2.17. The Balaban J connectivity index is 3.88. The minimum Gasteiger partial charge on any atom is -0.480 e. The van der Waals surface area contributed by atoms with Crippen LogP contribution in [0.3, 0.4) is 0 Å². The van der Waals surface area contributed by atoms with Crippen LogP contribution >= 0.6 is 0 Å². The highest BCUT2D eigenvalue weighted by Gasteiger charge is 2.18. The summed E-state index contributed by atoms with van der Waals surface area (Å²) in [6, 6.07) is -1.06. The first kappa shape index (κ1) is 13.6. The molecule has 0 radical (unpaired) electrons. The van der Waals surface area contributed by atoms with Crippen molar-refractivity contribution in [2.24, 2.45) is 0 Å². The first-order valence-corrected chi connectivity index (χ1v) is 4.68. The third kappa shape index (κ3) is 6.62. The van der Waals surface area contributed by atoms with Gasteiger partial charge in [-0.15, -0.1) is 0 Å². The molecule has 0 saturated carbocycles. The number of nitrogens with one attached hydrogen (secondary N) is 1. The zero-order valence-corrected chi connectivity index (χ0v) is 8.31. The first-order chi connectivity index (χ1) is 7.11. The van der Waals surface area contributed by atoms with Crippen LogP contribution in [0.4, 0.5) is 0 Å². The third-order valence-corrected chi connectivity index (χ3v) is 1.78. The Bertz CT molecular complexity index is 229. The number of hydrogen-bond donors (Lipinski definition) is 3. The number of aliphatic hydroxyl groups is 1. The maximum atomic E-state index is 11.1. The third-order valence-electron chi connectivity index (χ3n) is 1.78. The molecule has 1 atom stereocenters. The molecular weight excluding hydrogens is 202 g/mol. The van der Waals surface area contributed by atoms with Crippen LogP contribution in [0.15, 0.2) is 0 Å². The van der Waals surface area contributed by atoms with E-state index in [2.05, 4.69) is 5.32 Å². The van der Waals surface area contributed by atoms with Crippen molar-refractivity contribution in [1.82, 2.24) is 5.32 Å². The number of aliphatic carboxylic acids is 1. The predicted molar refractivity (Wildman–Crippen MR) is 51.2 cm³/mol. The molecule has 0 aliphatic heterocycles. The second-order valence-electron chi connectivity index (χ2n) is 3.03. The van der Waals surface area contributed by atoms with Crippen LogP contribution in [0, 0.1) is 0 Å². The van der Waals surface area contributed by atoms with E-state index in [4.69, 9.17) is 10.2 Å². The Hall–Kier alpha value is -1.43. The summed E-state index contributed by atoms with van der Waals surface area (Å²) in [7, 11) is 0. The van der Waals surface area contributed by atoms with Gasteiger partial charge in [0.2, 0.25) is 5.91 Å². The zero-order valence-electron chi connectivity index (χ0n) is 8.31. The van der Waals surface area contributed by atoms with Gasteiger partial charge in [-0.1, -0.05) is 0 Å². The highest BCUT2D eigenvalue weighted by atomic mass is 16.4. The second kappa shape index (κ2) is 7.93. The first-order valence-electron chi connectivity index (χ1n) is 4.68. The summed E-state index contributed by atoms with van der Waals surface area (Å²) in [5, 5.41) is 19.5. The summed E-state index contributed by atoms with van der Waals surface area (Å²) >= 11 is 0. The summed E-state index contributed by atoms with van der Waals surface area (Å²) in [6.45, 7) is -0.300. The van der Waals surface area contributed by atoms with Crippen molar-refractivity contribution in [3.05, 3.63) is 0 Å². The minimum atomic E-state index is -1.17. The fourth-order valence-corrected chi connectivity index (χ4v) is 0.999. The second-order valence-corrected chi connectivity index (χ2v) is 3.03. The number of aliphatic hydroxyl groups excluding tert-OH is 1. The molecule has 0 aromatic rings. The summed E-state index contributed by atoms with van der Waals surface area (Å²) in [6.07, 6.45) is 1.49. The molecule has 0 aliphatic rings. The predicted octanol–water partition coefficient (Wildman–Crippen LogP) is -0.693. The van der Waals surface area contributed by atoms with E-state index in [-0.39, 0.29) is 25.9 Å². The zero-order chi connectivity index (χ0) is 11.7. The van der Waals surface area contributed by atoms with Gasteiger partial charge in [0, 0.05) is 25.9 Å². The lowest BCUT2D eigenvalue weighted by atomic mass is 10.2. The van der Waals surface area contributed by atoms with Crippen molar-refractivity contribution >= 4 is 18.2 Å². The van der Waals surface area contributed by atoms with Crippen LogP contribution in [0.1, 0.15) is 25.7 Å². The Morgan fingerprint density at radius 3 is 2.53 bits per heavy atom. The fraction of sp³-hybridized carbons (Fsp3) is 0.667. The lowest BCUT2D eigenvalue weighted by Gasteiger charge is -2.12. The molecule has 0 bridgehead atoms. The van der Waals surface area contributed by atoms with E-state index in [0.717, 1.165) is 0 Å². The van der Waals surface area contributed by atoms with Gasteiger partial charge < -0.3 is 20.3 Å². The highest BCUT2D eigenvalue weighted by molar-refractivity contribution is 5.83. The number of carbonyl (C=O) groups excluding carboxylic acids is 2. The maximum absolute atomic E-state index is 11.1. The van der Waals surface area contributed by atoms with E-state index in [1.807, 2.05) is 0 Å². The number of carbonyl (C=O) groups is 3. The smallest absolute Gasteiger partial charge is 0.326 e. The van der Waals surface area contributed by atoms with E-state index in [9.17, 15) is 14.4 Å². The van der Waals surface area contributed by atoms with Gasteiger partial charge in [-0.2, -0.15) is 0 Å². The van der Waals surface area contributed by atoms with E-state index in [1.54, 1.807) is 0 Å². The molecule has 0 saturated heterocycles. The largest absolute Gasteiger partial charge is 0.480 e. The van der Waals surface area contributed by atoms with Gasteiger partial charge in [0.1, 0.15) is 12.3 Å². The molecule has 86 valence electrons. The van der Waals surface area contributed by atoms with E-state index >= 15 is 0 Å². The van der Waals surface area contributed by atoms with Crippen molar-refractivity contribution in [3.8, 4) is 0 Å². The Morgan fingerprint density at radius 2 is 2.07 bits per heavy atom. The Morgan fingerprint density at radius 1 is 1.40 bits per heavy atom. The molecule has 0 aromatic carbocycles. The summed E-state index contributed by atoms with van der Waals surface area (Å²) in [5.41, 5.74) is 0. The van der Waals surface area contributed by atoms with Crippen LogP contribution in [0.25, 0.3) is 0 Å². The topological polar surface area (TPSA) is 104 Å². The monoisotopic (exact) mass is 217 g/mol. The molecule has 1 amide bonds.